The second-order valence-corrected chi connectivity index (χ2v) is 4.41. The van der Waals surface area contributed by atoms with E-state index >= 15 is 0 Å². The molecule has 0 N–H and O–H groups in total. The molecule has 0 bridgehead atoms. The second-order valence-electron chi connectivity index (χ2n) is 4.41. The van der Waals surface area contributed by atoms with Gasteiger partial charge in [-0.3, -0.25) is 0 Å². The molecule has 0 fully saturated rings. The van der Waals surface area contributed by atoms with Gasteiger partial charge in [0, 0.05) is 18.8 Å². The van der Waals surface area contributed by atoms with Gasteiger partial charge in [0.05, 0.1) is 0 Å². The van der Waals surface area contributed by atoms with Gasteiger partial charge in [0.15, 0.2) is 0 Å². The Morgan fingerprint density at radius 2 is 1.71 bits per heavy atom. The fraction of sp³-hybridized carbons (Fsp3) is 0.600. The Bertz CT molecular complexity index is 319. The number of benzene rings is 1. The monoisotopic (exact) mass is 255 g/mol. The number of unbranched alkanes of at least 4 members (excludes halogenated alkanes) is 1. The second kappa shape index (κ2) is 8.41. The van der Waals surface area contributed by atoms with Crippen LogP contribution in [-0.2, 0) is 6.42 Å². The summed E-state index contributed by atoms with van der Waals surface area (Å²) in [6.07, 6.45) is 3.77. The maximum Gasteiger partial charge on any atom is 0.0398 e. The maximum absolute atomic E-state index is 2.45. The number of aryl methyl sites for hydroxylation is 2. The third-order valence-corrected chi connectivity index (χ3v) is 3.14. The molecule has 0 atom stereocenters. The number of halogens is 1. The van der Waals surface area contributed by atoms with Crippen molar-refractivity contribution in [2.24, 2.45) is 0 Å². The molecule has 2 heteroatoms. The lowest BCUT2D eigenvalue weighted by molar-refractivity contribution is 0.782. The fourth-order valence-electron chi connectivity index (χ4n) is 2.15. The fourth-order valence-corrected chi connectivity index (χ4v) is 2.15. The van der Waals surface area contributed by atoms with Crippen molar-refractivity contribution < 1.29 is 0 Å². The number of rotatable bonds is 6. The predicted octanol–water partition coefficient (Wildman–Crippen LogP) is 4.61. The minimum absolute atomic E-state index is 0. The number of hydrogen-bond acceptors (Lipinski definition) is 1. The van der Waals surface area contributed by atoms with Gasteiger partial charge in [-0.2, -0.15) is 0 Å². The molecule has 17 heavy (non-hydrogen) atoms. The van der Waals surface area contributed by atoms with Crippen LogP contribution in [-0.4, -0.2) is 13.1 Å². The van der Waals surface area contributed by atoms with Crippen molar-refractivity contribution in [1.29, 1.82) is 0 Å². The average molecular weight is 256 g/mol. The van der Waals surface area contributed by atoms with Crippen molar-refractivity contribution in [2.45, 2.75) is 47.0 Å². The normalized spacial score (nSPS) is 9.88. The van der Waals surface area contributed by atoms with Crippen LogP contribution in [0.25, 0.3) is 0 Å². The molecular formula is C15H26ClN. The molecule has 0 amide bonds. The van der Waals surface area contributed by atoms with Crippen LogP contribution >= 0.6 is 12.4 Å². The van der Waals surface area contributed by atoms with Crippen LogP contribution in [0.2, 0.25) is 0 Å². The summed E-state index contributed by atoms with van der Waals surface area (Å²) in [6, 6.07) is 6.86. The first kappa shape index (κ1) is 16.3. The highest BCUT2D eigenvalue weighted by Crippen LogP contribution is 2.23. The third kappa shape index (κ3) is 4.59. The van der Waals surface area contributed by atoms with E-state index in [0.29, 0.717) is 0 Å². The van der Waals surface area contributed by atoms with Crippen LogP contribution < -0.4 is 4.90 Å². The van der Waals surface area contributed by atoms with Crippen molar-refractivity contribution in [1.82, 2.24) is 0 Å². The smallest absolute Gasteiger partial charge is 0.0398 e. The minimum atomic E-state index is 0. The Hall–Kier alpha value is -0.690. The Labute approximate surface area is 113 Å². The van der Waals surface area contributed by atoms with Crippen molar-refractivity contribution in [2.75, 3.05) is 18.0 Å². The van der Waals surface area contributed by atoms with E-state index < -0.39 is 0 Å². The maximum atomic E-state index is 2.45. The van der Waals surface area contributed by atoms with Crippen LogP contribution in [0, 0.1) is 6.92 Å². The van der Waals surface area contributed by atoms with Crippen molar-refractivity contribution >= 4 is 18.1 Å². The van der Waals surface area contributed by atoms with Crippen molar-refractivity contribution in [3.63, 3.8) is 0 Å². The van der Waals surface area contributed by atoms with Crippen LogP contribution in [0.15, 0.2) is 18.2 Å². The van der Waals surface area contributed by atoms with E-state index in [0.717, 1.165) is 13.1 Å². The molecule has 0 unspecified atom stereocenters. The lowest BCUT2D eigenvalue weighted by Crippen LogP contribution is -2.23. The molecule has 1 aromatic carbocycles. The zero-order valence-corrected chi connectivity index (χ0v) is 12.4. The van der Waals surface area contributed by atoms with Crippen LogP contribution in [0.1, 0.15) is 44.7 Å². The largest absolute Gasteiger partial charge is 0.372 e. The van der Waals surface area contributed by atoms with E-state index in [1.54, 1.807) is 0 Å². The van der Waals surface area contributed by atoms with Crippen LogP contribution in [0.4, 0.5) is 5.69 Å². The summed E-state index contributed by atoms with van der Waals surface area (Å²) < 4.78 is 0. The first-order chi connectivity index (χ1) is 7.72. The Morgan fingerprint density at radius 3 is 2.24 bits per heavy atom. The van der Waals surface area contributed by atoms with Gasteiger partial charge in [0.2, 0.25) is 0 Å². The zero-order chi connectivity index (χ0) is 12.0. The Morgan fingerprint density at radius 1 is 1.06 bits per heavy atom. The van der Waals surface area contributed by atoms with Gasteiger partial charge < -0.3 is 4.90 Å². The molecule has 0 saturated carbocycles. The summed E-state index contributed by atoms with van der Waals surface area (Å²) in [5, 5.41) is 0. The van der Waals surface area contributed by atoms with Gasteiger partial charge >= 0.3 is 0 Å². The van der Waals surface area contributed by atoms with E-state index in [1.807, 2.05) is 0 Å². The predicted molar refractivity (Wildman–Crippen MR) is 80.6 cm³/mol. The lowest BCUT2D eigenvalue weighted by atomic mass is 10.0. The number of anilines is 1. The molecule has 1 aromatic rings. The van der Waals surface area contributed by atoms with Crippen molar-refractivity contribution in [3.05, 3.63) is 29.3 Å². The summed E-state index contributed by atoms with van der Waals surface area (Å²) in [7, 11) is 0. The molecule has 1 rings (SSSR count). The van der Waals surface area contributed by atoms with Crippen molar-refractivity contribution in [3.8, 4) is 0 Å². The first-order valence-electron chi connectivity index (χ1n) is 6.57. The number of nitrogens with zero attached hydrogens (tertiary/aromatic N) is 1. The van der Waals surface area contributed by atoms with E-state index in [1.165, 1.54) is 36.1 Å². The quantitative estimate of drug-likeness (QED) is 0.718. The SMILES string of the molecule is CCCCc1cc(C)ccc1N(CC)CC.Cl. The molecule has 0 aliphatic heterocycles. The van der Waals surface area contributed by atoms with Gasteiger partial charge in [0.1, 0.15) is 0 Å². The summed E-state index contributed by atoms with van der Waals surface area (Å²) >= 11 is 0. The first-order valence-corrected chi connectivity index (χ1v) is 6.57. The molecule has 0 spiro atoms. The summed E-state index contributed by atoms with van der Waals surface area (Å²) in [5.74, 6) is 0. The van der Waals surface area contributed by atoms with Gasteiger partial charge in [-0.25, -0.2) is 0 Å². The molecule has 0 aliphatic carbocycles. The highest BCUT2D eigenvalue weighted by molar-refractivity contribution is 5.85. The lowest BCUT2D eigenvalue weighted by Gasteiger charge is -2.24. The summed E-state index contributed by atoms with van der Waals surface area (Å²) in [6.45, 7) is 11.1. The molecule has 1 nitrogen and oxygen atoms in total. The van der Waals surface area contributed by atoms with Gasteiger partial charge in [-0.15, -0.1) is 12.4 Å². The van der Waals surface area contributed by atoms with E-state index in [2.05, 4.69) is 50.8 Å². The van der Waals surface area contributed by atoms with Crippen LogP contribution in [0.5, 0.6) is 0 Å². The Balaban J connectivity index is 0.00000256. The topological polar surface area (TPSA) is 3.24 Å². The molecule has 98 valence electrons. The Kier molecular flexibility index (Phi) is 8.07. The van der Waals surface area contributed by atoms with E-state index in [-0.39, 0.29) is 12.4 Å². The highest BCUT2D eigenvalue weighted by atomic mass is 35.5. The zero-order valence-electron chi connectivity index (χ0n) is 11.6. The molecule has 0 aliphatic rings. The standard InChI is InChI=1S/C15H25N.ClH/c1-5-8-9-14-12-13(4)10-11-15(14)16(6-2)7-3;/h10-12H,5-9H2,1-4H3;1H. The average Bonchev–Trinajstić information content (AvgIpc) is 2.30. The molecule has 0 aromatic heterocycles. The molecule has 0 saturated heterocycles. The number of hydrogen-bond donors (Lipinski definition) is 0. The van der Waals surface area contributed by atoms with Gasteiger partial charge in [-0.05, 0) is 45.2 Å². The highest BCUT2D eigenvalue weighted by Gasteiger charge is 2.07. The summed E-state index contributed by atoms with van der Waals surface area (Å²) in [5.41, 5.74) is 4.33. The minimum Gasteiger partial charge on any atom is -0.372 e. The molecule has 0 radical (unpaired) electrons. The van der Waals surface area contributed by atoms with Gasteiger partial charge in [0.25, 0.3) is 0 Å². The van der Waals surface area contributed by atoms with Gasteiger partial charge in [-0.1, -0.05) is 31.0 Å². The van der Waals surface area contributed by atoms with E-state index in [4.69, 9.17) is 0 Å². The molecular weight excluding hydrogens is 230 g/mol. The molecule has 0 heterocycles. The summed E-state index contributed by atoms with van der Waals surface area (Å²) in [4.78, 5) is 2.45. The third-order valence-electron chi connectivity index (χ3n) is 3.14. The van der Waals surface area contributed by atoms with Crippen LogP contribution in [0.3, 0.4) is 0 Å². The van der Waals surface area contributed by atoms with E-state index in [9.17, 15) is 0 Å².